The van der Waals surface area contributed by atoms with Crippen LogP contribution in [0.5, 0.6) is 0 Å². The molecule has 2 N–H and O–H groups in total. The third-order valence-electron chi connectivity index (χ3n) is 2.54. The number of hydrogen-bond acceptors (Lipinski definition) is 2. The Morgan fingerprint density at radius 2 is 2.24 bits per heavy atom. The van der Waals surface area contributed by atoms with E-state index < -0.39 is 5.82 Å². The van der Waals surface area contributed by atoms with Gasteiger partial charge in [-0.1, -0.05) is 24.9 Å². The highest BCUT2D eigenvalue weighted by Gasteiger charge is 2.12. The Kier molecular flexibility index (Phi) is 5.59. The summed E-state index contributed by atoms with van der Waals surface area (Å²) in [5.74, 6) is -0.445. The molecular formula is C13H17ClFNO. The van der Waals surface area contributed by atoms with Crippen molar-refractivity contribution >= 4 is 17.4 Å². The molecule has 94 valence electrons. The summed E-state index contributed by atoms with van der Waals surface area (Å²) in [6.07, 6.45) is 2.10. The Morgan fingerprint density at radius 1 is 1.53 bits per heavy atom. The van der Waals surface area contributed by atoms with Gasteiger partial charge in [0.15, 0.2) is 0 Å². The molecule has 17 heavy (non-hydrogen) atoms. The lowest BCUT2D eigenvalue weighted by Crippen LogP contribution is -2.24. The summed E-state index contributed by atoms with van der Waals surface area (Å²) in [6.45, 7) is 2.01. The minimum absolute atomic E-state index is 0.0490. The van der Waals surface area contributed by atoms with Gasteiger partial charge in [-0.2, -0.15) is 0 Å². The van der Waals surface area contributed by atoms with Crippen molar-refractivity contribution in [3.8, 4) is 0 Å². The molecule has 1 rings (SSSR count). The molecule has 1 atom stereocenters. The molecule has 0 heterocycles. The second-order valence-corrected chi connectivity index (χ2v) is 4.64. The van der Waals surface area contributed by atoms with E-state index >= 15 is 0 Å². The van der Waals surface area contributed by atoms with Crippen LogP contribution < -0.4 is 5.73 Å². The molecule has 0 aromatic heterocycles. The summed E-state index contributed by atoms with van der Waals surface area (Å²) < 4.78 is 13.4. The van der Waals surface area contributed by atoms with Crippen molar-refractivity contribution < 1.29 is 9.18 Å². The maximum absolute atomic E-state index is 13.4. The van der Waals surface area contributed by atoms with Gasteiger partial charge in [0.05, 0.1) is 0 Å². The van der Waals surface area contributed by atoms with E-state index in [0.717, 1.165) is 12.8 Å². The molecule has 1 aromatic rings. The zero-order chi connectivity index (χ0) is 12.8. The smallest absolute Gasteiger partial charge is 0.138 e. The average Bonchev–Trinajstić information content (AvgIpc) is 2.23. The molecule has 0 amide bonds. The Balaban J connectivity index is 2.58. The molecule has 1 aromatic carbocycles. The number of Topliss-reactive ketones (excluding diaryl/α,β-unsaturated/α-hetero) is 1. The molecule has 1 unspecified atom stereocenters. The zero-order valence-electron chi connectivity index (χ0n) is 9.88. The molecule has 2 nitrogen and oxygen atoms in total. The third-order valence-corrected chi connectivity index (χ3v) is 2.78. The first kappa shape index (κ1) is 14.1. The van der Waals surface area contributed by atoms with Gasteiger partial charge in [0.1, 0.15) is 11.6 Å². The van der Waals surface area contributed by atoms with E-state index in [9.17, 15) is 9.18 Å². The lowest BCUT2D eigenvalue weighted by atomic mass is 10.0. The fourth-order valence-electron chi connectivity index (χ4n) is 1.73. The van der Waals surface area contributed by atoms with Crippen molar-refractivity contribution in [3.63, 3.8) is 0 Å². The summed E-state index contributed by atoms with van der Waals surface area (Å²) in [5.41, 5.74) is 6.11. The average molecular weight is 258 g/mol. The van der Waals surface area contributed by atoms with Crippen molar-refractivity contribution in [3.05, 3.63) is 34.6 Å². The van der Waals surface area contributed by atoms with Gasteiger partial charge in [0, 0.05) is 23.9 Å². The molecule has 4 heteroatoms. The van der Waals surface area contributed by atoms with Crippen LogP contribution in [0.2, 0.25) is 5.02 Å². The summed E-state index contributed by atoms with van der Waals surface area (Å²) >= 11 is 5.75. The maximum Gasteiger partial charge on any atom is 0.138 e. The van der Waals surface area contributed by atoms with E-state index in [4.69, 9.17) is 17.3 Å². The Morgan fingerprint density at radius 3 is 2.88 bits per heavy atom. The van der Waals surface area contributed by atoms with E-state index in [1.165, 1.54) is 18.2 Å². The van der Waals surface area contributed by atoms with Crippen molar-refractivity contribution in [1.82, 2.24) is 0 Å². The molecule has 0 spiro atoms. The van der Waals surface area contributed by atoms with Crippen LogP contribution in [-0.4, -0.2) is 11.8 Å². The second kappa shape index (κ2) is 6.72. The van der Waals surface area contributed by atoms with Gasteiger partial charge in [-0.3, -0.25) is 4.79 Å². The molecular weight excluding hydrogens is 241 g/mol. The van der Waals surface area contributed by atoms with Gasteiger partial charge in [-0.25, -0.2) is 4.39 Å². The first-order valence-electron chi connectivity index (χ1n) is 5.74. The Bertz CT molecular complexity index is 395. The third kappa shape index (κ3) is 4.84. The van der Waals surface area contributed by atoms with E-state index in [0.29, 0.717) is 17.0 Å². The van der Waals surface area contributed by atoms with E-state index in [1.54, 1.807) is 0 Å². The van der Waals surface area contributed by atoms with E-state index in [1.807, 2.05) is 6.92 Å². The molecule has 0 aliphatic rings. The first-order valence-corrected chi connectivity index (χ1v) is 6.12. The van der Waals surface area contributed by atoms with Crippen molar-refractivity contribution in [2.75, 3.05) is 0 Å². The summed E-state index contributed by atoms with van der Waals surface area (Å²) in [6, 6.07) is 4.10. The van der Waals surface area contributed by atoms with Crippen molar-refractivity contribution in [2.24, 2.45) is 5.73 Å². The van der Waals surface area contributed by atoms with Crippen LogP contribution in [0.3, 0.4) is 0 Å². The largest absolute Gasteiger partial charge is 0.327 e. The molecule has 0 saturated carbocycles. The highest BCUT2D eigenvalue weighted by molar-refractivity contribution is 6.30. The fraction of sp³-hybridized carbons (Fsp3) is 0.462. The van der Waals surface area contributed by atoms with Crippen molar-refractivity contribution in [1.29, 1.82) is 0 Å². The SMILES string of the molecule is CCCC(N)CC(=O)Cc1cc(Cl)ccc1F. The molecule has 0 bridgehead atoms. The highest BCUT2D eigenvalue weighted by atomic mass is 35.5. The maximum atomic E-state index is 13.4. The van der Waals surface area contributed by atoms with Crippen LogP contribution in [0.25, 0.3) is 0 Å². The van der Waals surface area contributed by atoms with Crippen LogP contribution in [0, 0.1) is 5.82 Å². The summed E-state index contributed by atoms with van der Waals surface area (Å²) in [5, 5.41) is 0.437. The number of carbonyl (C=O) groups is 1. The van der Waals surface area contributed by atoms with Crippen LogP contribution in [0.15, 0.2) is 18.2 Å². The number of nitrogens with two attached hydrogens (primary N) is 1. The number of hydrogen-bond donors (Lipinski definition) is 1. The molecule has 0 aliphatic carbocycles. The lowest BCUT2D eigenvalue weighted by molar-refractivity contribution is -0.118. The van der Waals surface area contributed by atoms with Crippen LogP contribution >= 0.6 is 11.6 Å². The highest BCUT2D eigenvalue weighted by Crippen LogP contribution is 2.16. The minimum Gasteiger partial charge on any atom is -0.327 e. The quantitative estimate of drug-likeness (QED) is 0.851. The zero-order valence-corrected chi connectivity index (χ0v) is 10.6. The molecule has 0 radical (unpaired) electrons. The minimum atomic E-state index is -0.396. The number of benzene rings is 1. The standard InChI is InChI=1S/C13H17ClFNO/c1-2-3-11(16)8-12(17)7-9-6-10(14)4-5-13(9)15/h4-6,11H,2-3,7-8,16H2,1H3. The van der Waals surface area contributed by atoms with E-state index in [-0.39, 0.29) is 18.2 Å². The van der Waals surface area contributed by atoms with Crippen molar-refractivity contribution in [2.45, 2.75) is 38.6 Å². The molecule has 0 saturated heterocycles. The van der Waals surface area contributed by atoms with E-state index in [2.05, 4.69) is 0 Å². The van der Waals surface area contributed by atoms with Crippen LogP contribution in [0.1, 0.15) is 31.7 Å². The summed E-state index contributed by atoms with van der Waals surface area (Å²) in [4.78, 5) is 11.7. The van der Waals surface area contributed by atoms with Gasteiger partial charge in [-0.15, -0.1) is 0 Å². The van der Waals surface area contributed by atoms with Gasteiger partial charge < -0.3 is 5.73 Å². The fourth-order valence-corrected chi connectivity index (χ4v) is 1.92. The first-order chi connectivity index (χ1) is 8.02. The van der Waals surface area contributed by atoms with Gasteiger partial charge >= 0.3 is 0 Å². The number of ketones is 1. The number of halogens is 2. The number of rotatable bonds is 6. The predicted octanol–water partition coefficient (Wildman–Crippen LogP) is 3.11. The monoisotopic (exact) mass is 257 g/mol. The Labute approximate surface area is 106 Å². The van der Waals surface area contributed by atoms with Crippen LogP contribution in [0.4, 0.5) is 4.39 Å². The molecule has 0 fully saturated rings. The predicted molar refractivity (Wildman–Crippen MR) is 67.6 cm³/mol. The second-order valence-electron chi connectivity index (χ2n) is 4.20. The topological polar surface area (TPSA) is 43.1 Å². The lowest BCUT2D eigenvalue weighted by Gasteiger charge is -2.09. The van der Waals surface area contributed by atoms with Gasteiger partial charge in [-0.05, 0) is 30.2 Å². The van der Waals surface area contributed by atoms with Gasteiger partial charge in [0.2, 0.25) is 0 Å². The normalized spacial score (nSPS) is 12.5. The van der Waals surface area contributed by atoms with Crippen LogP contribution in [-0.2, 0) is 11.2 Å². The summed E-state index contributed by atoms with van der Waals surface area (Å²) in [7, 11) is 0. The molecule has 0 aliphatic heterocycles. The number of carbonyl (C=O) groups excluding carboxylic acids is 1. The Hall–Kier alpha value is -0.930. The van der Waals surface area contributed by atoms with Gasteiger partial charge in [0.25, 0.3) is 0 Å².